The molecule has 0 unspecified atom stereocenters. The van der Waals surface area contributed by atoms with Gasteiger partial charge >= 0.3 is 6.18 Å². The lowest BCUT2D eigenvalue weighted by Gasteiger charge is -2.11. The van der Waals surface area contributed by atoms with E-state index in [4.69, 9.17) is 5.14 Å². The number of aromatic nitrogens is 1. The van der Waals surface area contributed by atoms with E-state index in [9.17, 15) is 21.6 Å². The fraction of sp³-hybridized carbons (Fsp3) is 0.167. The zero-order chi connectivity index (χ0) is 18.9. The smallest absolute Gasteiger partial charge is 0.243 e. The van der Waals surface area contributed by atoms with Crippen LogP contribution in [0.15, 0.2) is 65.3 Å². The van der Waals surface area contributed by atoms with Crippen LogP contribution in [0, 0.1) is 0 Å². The number of sulfonamides is 1. The second-order valence-electron chi connectivity index (χ2n) is 5.88. The Morgan fingerprint density at radius 3 is 2.27 bits per heavy atom. The van der Waals surface area contributed by atoms with Gasteiger partial charge in [-0.25, -0.2) is 18.5 Å². The van der Waals surface area contributed by atoms with Gasteiger partial charge in [-0.05, 0) is 53.8 Å². The number of nitrogens with two attached hydrogens (primary N) is 1. The second-order valence-corrected chi connectivity index (χ2v) is 7.39. The van der Waals surface area contributed by atoms with Crippen LogP contribution in [0.1, 0.15) is 23.1 Å². The Balaban J connectivity index is 1.78. The van der Waals surface area contributed by atoms with Crippen LogP contribution in [-0.2, 0) is 22.6 Å². The van der Waals surface area contributed by atoms with Crippen molar-refractivity contribution < 1.29 is 21.6 Å². The summed E-state index contributed by atoms with van der Waals surface area (Å²) in [5.41, 5.74) is 2.65. The summed E-state index contributed by atoms with van der Waals surface area (Å²) in [6.45, 7) is 0. The van der Waals surface area contributed by atoms with Gasteiger partial charge in [-0.3, -0.25) is 0 Å². The first kappa shape index (κ1) is 18.3. The molecule has 1 aliphatic carbocycles. The van der Waals surface area contributed by atoms with Crippen LogP contribution in [0.3, 0.4) is 0 Å². The van der Waals surface area contributed by atoms with E-state index >= 15 is 0 Å². The maximum Gasteiger partial charge on any atom is 0.416 e. The molecule has 2 N–H and O–H groups in total. The van der Waals surface area contributed by atoms with Crippen LogP contribution in [0.2, 0.25) is 0 Å². The molecule has 1 heterocycles. The highest BCUT2D eigenvalue weighted by atomic mass is 32.2. The van der Waals surface area contributed by atoms with Crippen molar-refractivity contribution in [2.45, 2.75) is 24.0 Å². The predicted molar refractivity (Wildman–Crippen MR) is 91.4 cm³/mol. The number of hydrogen-bond acceptors (Lipinski definition) is 3. The molecule has 0 radical (unpaired) electrons. The molecular weight excluding hydrogens is 365 g/mol. The average molecular weight is 380 g/mol. The van der Waals surface area contributed by atoms with Gasteiger partial charge in [0.1, 0.15) is 0 Å². The van der Waals surface area contributed by atoms with E-state index < -0.39 is 21.8 Å². The van der Waals surface area contributed by atoms with Gasteiger partial charge in [-0.15, -0.1) is 0 Å². The Bertz CT molecular complexity index is 975. The first-order chi connectivity index (χ1) is 12.1. The molecule has 0 fully saturated rings. The second kappa shape index (κ2) is 6.69. The van der Waals surface area contributed by atoms with E-state index in [0.29, 0.717) is 12.8 Å². The highest BCUT2D eigenvalue weighted by Gasteiger charge is 2.30. The van der Waals surface area contributed by atoms with E-state index in [1.165, 1.54) is 24.4 Å². The molecule has 136 valence electrons. The van der Waals surface area contributed by atoms with Gasteiger partial charge in [-0.1, -0.05) is 24.3 Å². The summed E-state index contributed by atoms with van der Waals surface area (Å²) in [5.74, 6) is 0. The monoisotopic (exact) mass is 380 g/mol. The minimum Gasteiger partial charge on any atom is -0.243 e. The molecule has 0 bridgehead atoms. The van der Waals surface area contributed by atoms with Crippen molar-refractivity contribution in [3.05, 3.63) is 77.0 Å². The Labute approximate surface area is 148 Å². The van der Waals surface area contributed by atoms with Gasteiger partial charge in [0.05, 0.1) is 5.56 Å². The molecule has 0 spiro atoms. The molecule has 1 aliphatic rings. The van der Waals surface area contributed by atoms with Gasteiger partial charge < -0.3 is 0 Å². The zero-order valence-corrected chi connectivity index (χ0v) is 14.3. The van der Waals surface area contributed by atoms with E-state index in [-0.39, 0.29) is 5.03 Å². The number of benzene rings is 1. The van der Waals surface area contributed by atoms with Gasteiger partial charge in [-0.2, -0.15) is 13.2 Å². The maximum atomic E-state index is 12.6. The normalized spacial score (nSPS) is 14.9. The SMILES string of the molecule is NS(=O)(=O)c1ccc(C2=CCC=C2Cc2ccc(C(F)(F)F)cc2)cn1. The van der Waals surface area contributed by atoms with E-state index in [2.05, 4.69) is 4.98 Å². The van der Waals surface area contributed by atoms with Crippen LogP contribution in [-0.4, -0.2) is 13.4 Å². The Morgan fingerprint density at radius 2 is 1.73 bits per heavy atom. The van der Waals surface area contributed by atoms with Gasteiger partial charge in [0.25, 0.3) is 10.0 Å². The van der Waals surface area contributed by atoms with Crippen LogP contribution in [0.4, 0.5) is 13.2 Å². The molecule has 1 aromatic carbocycles. The number of primary sulfonamides is 1. The minimum atomic E-state index is -4.35. The molecule has 0 saturated heterocycles. The maximum absolute atomic E-state index is 12.6. The Morgan fingerprint density at radius 1 is 1.04 bits per heavy atom. The topological polar surface area (TPSA) is 73.1 Å². The van der Waals surface area contributed by atoms with Crippen molar-refractivity contribution >= 4 is 15.6 Å². The van der Waals surface area contributed by atoms with Crippen LogP contribution in [0.25, 0.3) is 5.57 Å². The summed E-state index contributed by atoms with van der Waals surface area (Å²) in [7, 11) is -3.86. The highest BCUT2D eigenvalue weighted by molar-refractivity contribution is 7.89. The van der Waals surface area contributed by atoms with Crippen LogP contribution >= 0.6 is 0 Å². The standard InChI is InChI=1S/C18H15F3N2O2S/c19-18(20,21)15-7-4-12(5-8-15)10-13-2-1-3-16(13)14-6-9-17(23-11-14)26(22,24)25/h2-9,11H,1,10H2,(H2,22,24,25). The largest absolute Gasteiger partial charge is 0.416 e. The number of rotatable bonds is 4. The molecule has 4 nitrogen and oxygen atoms in total. The van der Waals surface area contributed by atoms with Crippen LogP contribution < -0.4 is 5.14 Å². The number of pyridine rings is 1. The number of halogens is 3. The van der Waals surface area contributed by atoms with Crippen molar-refractivity contribution in [3.63, 3.8) is 0 Å². The summed E-state index contributed by atoms with van der Waals surface area (Å²) in [4.78, 5) is 3.87. The van der Waals surface area contributed by atoms with Crippen molar-refractivity contribution in [2.24, 2.45) is 5.14 Å². The third kappa shape index (κ3) is 4.03. The predicted octanol–water partition coefficient (Wildman–Crippen LogP) is 3.70. The quantitative estimate of drug-likeness (QED) is 0.879. The summed E-state index contributed by atoms with van der Waals surface area (Å²) in [6, 6.07) is 8.00. The van der Waals surface area contributed by atoms with Gasteiger partial charge in [0.2, 0.25) is 0 Å². The number of alkyl halides is 3. The summed E-state index contributed by atoms with van der Waals surface area (Å²) in [5, 5.41) is 4.82. The molecular formula is C18H15F3N2O2S. The minimum absolute atomic E-state index is 0.215. The molecule has 2 aromatic rings. The molecule has 8 heteroatoms. The van der Waals surface area contributed by atoms with Gasteiger partial charge in [0.15, 0.2) is 5.03 Å². The third-order valence-electron chi connectivity index (χ3n) is 4.05. The van der Waals surface area contributed by atoms with E-state index in [0.717, 1.165) is 34.4 Å². The van der Waals surface area contributed by atoms with Gasteiger partial charge in [0, 0.05) is 11.8 Å². The average Bonchev–Trinajstić information content (AvgIpc) is 3.02. The molecule has 0 saturated carbocycles. The lowest BCUT2D eigenvalue weighted by atomic mass is 9.96. The molecule has 0 atom stereocenters. The number of allylic oxidation sites excluding steroid dienone is 4. The first-order valence-corrected chi connectivity index (χ1v) is 9.24. The fourth-order valence-electron chi connectivity index (χ4n) is 2.77. The summed E-state index contributed by atoms with van der Waals surface area (Å²) >= 11 is 0. The molecule has 3 rings (SSSR count). The van der Waals surface area contributed by atoms with E-state index in [1.807, 2.05) is 12.2 Å². The van der Waals surface area contributed by atoms with E-state index in [1.54, 1.807) is 6.07 Å². The Hall–Kier alpha value is -2.45. The fourth-order valence-corrected chi connectivity index (χ4v) is 3.23. The summed E-state index contributed by atoms with van der Waals surface area (Å²) in [6.07, 6.45) is 2.20. The third-order valence-corrected chi connectivity index (χ3v) is 4.87. The lowest BCUT2D eigenvalue weighted by Crippen LogP contribution is -2.13. The van der Waals surface area contributed by atoms with Crippen molar-refractivity contribution in [1.82, 2.24) is 4.98 Å². The number of nitrogens with zero attached hydrogens (tertiary/aromatic N) is 1. The molecule has 0 amide bonds. The summed E-state index contributed by atoms with van der Waals surface area (Å²) < 4.78 is 60.5. The van der Waals surface area contributed by atoms with Crippen molar-refractivity contribution in [2.75, 3.05) is 0 Å². The molecule has 1 aromatic heterocycles. The molecule has 0 aliphatic heterocycles. The van der Waals surface area contributed by atoms with Crippen molar-refractivity contribution in [3.8, 4) is 0 Å². The zero-order valence-electron chi connectivity index (χ0n) is 13.5. The first-order valence-electron chi connectivity index (χ1n) is 7.69. The number of hydrogen-bond donors (Lipinski definition) is 1. The lowest BCUT2D eigenvalue weighted by molar-refractivity contribution is -0.137. The molecule has 26 heavy (non-hydrogen) atoms. The van der Waals surface area contributed by atoms with Crippen molar-refractivity contribution in [1.29, 1.82) is 0 Å². The Kier molecular flexibility index (Phi) is 4.72. The van der Waals surface area contributed by atoms with Crippen LogP contribution in [0.5, 0.6) is 0 Å². The highest BCUT2D eigenvalue weighted by Crippen LogP contribution is 2.33.